The van der Waals surface area contributed by atoms with Crippen LogP contribution >= 0.6 is 34.5 Å². The van der Waals surface area contributed by atoms with E-state index in [9.17, 15) is 19.5 Å². The quantitative estimate of drug-likeness (QED) is 0.565. The van der Waals surface area contributed by atoms with Gasteiger partial charge in [-0.25, -0.2) is 9.78 Å². The number of aromatic nitrogens is 2. The molecule has 0 spiro atoms. The van der Waals surface area contributed by atoms with Crippen molar-refractivity contribution in [1.82, 2.24) is 9.55 Å². The number of methoxy groups -OCH3 is 1. The summed E-state index contributed by atoms with van der Waals surface area (Å²) in [6.07, 6.45) is 0.275. The zero-order chi connectivity index (χ0) is 21.1. The van der Waals surface area contributed by atoms with E-state index in [0.29, 0.717) is 21.4 Å². The van der Waals surface area contributed by atoms with Gasteiger partial charge in [-0.15, -0.1) is 11.3 Å². The van der Waals surface area contributed by atoms with E-state index >= 15 is 0 Å². The standard InChI is InChI=1S/C18H15Cl2N3O5S/c1-28-5-4-13-22-16-15(10(8-29-16)18(26)27)17(25)23(13)7-14(24)21-12-3-2-9(19)6-11(12)20/h2-3,6,8H,4-5,7H2,1H3,(H,21,24)(H,26,27). The molecule has 0 aliphatic rings. The molecule has 1 aromatic carbocycles. The van der Waals surface area contributed by atoms with Crippen LogP contribution in [0, 0.1) is 0 Å². The van der Waals surface area contributed by atoms with Crippen LogP contribution in [0.4, 0.5) is 5.69 Å². The Kier molecular flexibility index (Phi) is 6.53. The van der Waals surface area contributed by atoms with Crippen molar-refractivity contribution in [3.63, 3.8) is 0 Å². The minimum atomic E-state index is -1.23. The second-order valence-electron chi connectivity index (χ2n) is 5.97. The topological polar surface area (TPSA) is 111 Å². The van der Waals surface area contributed by atoms with Gasteiger partial charge < -0.3 is 15.2 Å². The van der Waals surface area contributed by atoms with Crippen LogP contribution in [0.3, 0.4) is 0 Å². The van der Waals surface area contributed by atoms with E-state index in [4.69, 9.17) is 27.9 Å². The largest absolute Gasteiger partial charge is 0.478 e. The SMILES string of the molecule is COCCc1nc2scc(C(=O)O)c2c(=O)n1CC(=O)Nc1ccc(Cl)cc1Cl. The van der Waals surface area contributed by atoms with Gasteiger partial charge in [0.25, 0.3) is 5.56 Å². The first kappa shape index (κ1) is 21.3. The molecule has 0 unspecified atom stereocenters. The first-order valence-electron chi connectivity index (χ1n) is 8.30. The lowest BCUT2D eigenvalue weighted by Crippen LogP contribution is -2.32. The van der Waals surface area contributed by atoms with Crippen LogP contribution in [0.1, 0.15) is 16.2 Å². The molecule has 3 aromatic rings. The van der Waals surface area contributed by atoms with Crippen molar-refractivity contribution in [3.8, 4) is 0 Å². The van der Waals surface area contributed by atoms with Crippen LogP contribution in [-0.4, -0.2) is 40.3 Å². The van der Waals surface area contributed by atoms with Gasteiger partial charge in [-0.2, -0.15) is 0 Å². The second kappa shape index (κ2) is 8.91. The number of nitrogens with one attached hydrogen (secondary N) is 1. The highest BCUT2D eigenvalue weighted by atomic mass is 35.5. The number of hydrogen-bond acceptors (Lipinski definition) is 6. The van der Waals surface area contributed by atoms with E-state index in [-0.39, 0.29) is 35.5 Å². The van der Waals surface area contributed by atoms with Crippen molar-refractivity contribution in [1.29, 1.82) is 0 Å². The van der Waals surface area contributed by atoms with Gasteiger partial charge in [-0.05, 0) is 18.2 Å². The molecule has 0 radical (unpaired) electrons. The summed E-state index contributed by atoms with van der Waals surface area (Å²) in [4.78, 5) is 41.7. The normalized spacial score (nSPS) is 11.0. The lowest BCUT2D eigenvalue weighted by molar-refractivity contribution is -0.116. The highest BCUT2D eigenvalue weighted by Gasteiger charge is 2.21. The van der Waals surface area contributed by atoms with Crippen molar-refractivity contribution in [2.75, 3.05) is 19.0 Å². The minimum absolute atomic E-state index is 0.0269. The number of carboxylic acids is 1. The molecule has 29 heavy (non-hydrogen) atoms. The van der Waals surface area contributed by atoms with E-state index in [1.165, 1.54) is 18.6 Å². The average molecular weight is 456 g/mol. The predicted molar refractivity (Wildman–Crippen MR) is 112 cm³/mol. The second-order valence-corrected chi connectivity index (χ2v) is 7.67. The Balaban J connectivity index is 2.00. The van der Waals surface area contributed by atoms with E-state index in [2.05, 4.69) is 10.3 Å². The van der Waals surface area contributed by atoms with Crippen molar-refractivity contribution >= 4 is 62.3 Å². The number of aromatic carboxylic acids is 1. The van der Waals surface area contributed by atoms with Gasteiger partial charge in [0.1, 0.15) is 17.2 Å². The highest BCUT2D eigenvalue weighted by Crippen LogP contribution is 2.25. The molecule has 0 fully saturated rings. The zero-order valence-electron chi connectivity index (χ0n) is 15.1. The fourth-order valence-corrected chi connectivity index (χ4v) is 4.07. The van der Waals surface area contributed by atoms with Gasteiger partial charge in [0, 0.05) is 23.9 Å². The first-order chi connectivity index (χ1) is 13.8. The fraction of sp³-hybridized carbons (Fsp3) is 0.222. The van der Waals surface area contributed by atoms with E-state index in [1.54, 1.807) is 12.1 Å². The van der Waals surface area contributed by atoms with Crippen molar-refractivity contribution in [2.24, 2.45) is 0 Å². The van der Waals surface area contributed by atoms with Crippen LogP contribution in [0.2, 0.25) is 10.0 Å². The molecule has 0 atom stereocenters. The highest BCUT2D eigenvalue weighted by molar-refractivity contribution is 7.17. The molecule has 0 saturated heterocycles. The summed E-state index contributed by atoms with van der Waals surface area (Å²) < 4.78 is 6.20. The smallest absolute Gasteiger partial charge is 0.337 e. The molecule has 0 saturated carbocycles. The number of carbonyl (C=O) groups excluding carboxylic acids is 1. The summed E-state index contributed by atoms with van der Waals surface area (Å²) in [6.45, 7) is -0.0889. The Morgan fingerprint density at radius 3 is 2.76 bits per heavy atom. The first-order valence-corrected chi connectivity index (χ1v) is 9.93. The van der Waals surface area contributed by atoms with Crippen molar-refractivity contribution in [2.45, 2.75) is 13.0 Å². The van der Waals surface area contributed by atoms with Crippen LogP contribution in [0.25, 0.3) is 10.2 Å². The maximum Gasteiger partial charge on any atom is 0.337 e. The summed E-state index contributed by atoms with van der Waals surface area (Å²) in [5, 5.41) is 13.9. The van der Waals surface area contributed by atoms with Gasteiger partial charge in [0.05, 0.1) is 28.3 Å². The number of ether oxygens (including phenoxy) is 1. The number of halogens is 2. The lowest BCUT2D eigenvalue weighted by Gasteiger charge is -2.13. The number of thiophene rings is 1. The number of carbonyl (C=O) groups is 2. The third-order valence-electron chi connectivity index (χ3n) is 4.04. The Bertz CT molecular complexity index is 1160. The predicted octanol–water partition coefficient (Wildman–Crippen LogP) is 3.29. The van der Waals surface area contributed by atoms with E-state index in [1.807, 2.05) is 0 Å². The molecular weight excluding hydrogens is 441 g/mol. The van der Waals surface area contributed by atoms with Crippen molar-refractivity contribution in [3.05, 3.63) is 55.4 Å². The minimum Gasteiger partial charge on any atom is -0.478 e. The Hall–Kier alpha value is -2.46. The van der Waals surface area contributed by atoms with E-state index in [0.717, 1.165) is 15.9 Å². The number of nitrogens with zero attached hydrogens (tertiary/aromatic N) is 2. The van der Waals surface area contributed by atoms with Gasteiger partial charge in [0.15, 0.2) is 0 Å². The van der Waals surface area contributed by atoms with Gasteiger partial charge >= 0.3 is 5.97 Å². The Morgan fingerprint density at radius 2 is 2.10 bits per heavy atom. The molecule has 11 heteroatoms. The molecule has 2 heterocycles. The summed E-state index contributed by atoms with van der Waals surface area (Å²) in [7, 11) is 1.50. The fourth-order valence-electron chi connectivity index (χ4n) is 2.70. The monoisotopic (exact) mass is 455 g/mol. The van der Waals surface area contributed by atoms with Crippen LogP contribution in [-0.2, 0) is 22.5 Å². The summed E-state index contributed by atoms with van der Waals surface area (Å²) in [5.41, 5.74) is -0.406. The molecule has 8 nitrogen and oxygen atoms in total. The number of fused-ring (bicyclic) bond motifs is 1. The summed E-state index contributed by atoms with van der Waals surface area (Å²) >= 11 is 13.0. The third kappa shape index (κ3) is 4.59. The molecule has 0 aliphatic heterocycles. The van der Waals surface area contributed by atoms with Crippen LogP contribution in [0.15, 0.2) is 28.4 Å². The van der Waals surface area contributed by atoms with Gasteiger partial charge in [-0.1, -0.05) is 23.2 Å². The molecule has 3 rings (SSSR count). The van der Waals surface area contributed by atoms with E-state index < -0.39 is 17.4 Å². The maximum atomic E-state index is 13.0. The molecular formula is C18H15Cl2N3O5S. The molecule has 2 aromatic heterocycles. The number of benzene rings is 1. The third-order valence-corrected chi connectivity index (χ3v) is 5.46. The average Bonchev–Trinajstić information content (AvgIpc) is 3.09. The maximum absolute atomic E-state index is 13.0. The molecule has 152 valence electrons. The number of carboxylic acid groups (broad SMARTS) is 1. The number of anilines is 1. The Morgan fingerprint density at radius 1 is 1.34 bits per heavy atom. The van der Waals surface area contributed by atoms with Crippen molar-refractivity contribution < 1.29 is 19.4 Å². The number of rotatable bonds is 7. The molecule has 0 aliphatic carbocycles. The number of hydrogen-bond donors (Lipinski definition) is 2. The van der Waals surface area contributed by atoms with Crippen LogP contribution in [0.5, 0.6) is 0 Å². The Labute approximate surface area is 178 Å². The summed E-state index contributed by atoms with van der Waals surface area (Å²) in [6, 6.07) is 4.59. The molecule has 2 N–H and O–H groups in total. The molecule has 1 amide bonds. The zero-order valence-corrected chi connectivity index (χ0v) is 17.4. The van der Waals surface area contributed by atoms with Gasteiger partial charge in [-0.3, -0.25) is 14.2 Å². The number of amides is 1. The summed E-state index contributed by atoms with van der Waals surface area (Å²) in [5.74, 6) is -1.44. The lowest BCUT2D eigenvalue weighted by atomic mass is 10.2. The molecule has 0 bridgehead atoms. The van der Waals surface area contributed by atoms with Crippen LogP contribution < -0.4 is 10.9 Å². The van der Waals surface area contributed by atoms with Gasteiger partial charge in [0.2, 0.25) is 5.91 Å².